The highest BCUT2D eigenvalue weighted by molar-refractivity contribution is 9.10. The van der Waals surface area contributed by atoms with E-state index in [9.17, 15) is 4.79 Å². The molecule has 0 radical (unpaired) electrons. The fourth-order valence-corrected chi connectivity index (χ4v) is 0.572. The number of esters is 1. The maximum absolute atomic E-state index is 10.7. The van der Waals surface area contributed by atoms with Gasteiger partial charge in [-0.3, -0.25) is 4.79 Å². The first kappa shape index (κ1) is 8.95. The Labute approximate surface area is 63.7 Å². The van der Waals surface area contributed by atoms with Crippen molar-refractivity contribution in [2.24, 2.45) is 5.92 Å². The summed E-state index contributed by atoms with van der Waals surface area (Å²) in [6.07, 6.45) is 0. The van der Waals surface area contributed by atoms with Gasteiger partial charge in [-0.2, -0.15) is 0 Å². The number of halogens is 1. The molecule has 0 aromatic rings. The van der Waals surface area contributed by atoms with Crippen molar-refractivity contribution in [1.29, 1.82) is 0 Å². The quantitative estimate of drug-likeness (QED) is 0.493. The highest BCUT2D eigenvalue weighted by Crippen LogP contribution is 2.12. The number of carbonyl (C=O) groups is 1. The van der Waals surface area contributed by atoms with Gasteiger partial charge in [0.15, 0.2) is 0 Å². The van der Waals surface area contributed by atoms with Crippen LogP contribution in [0.25, 0.3) is 0 Å². The summed E-state index contributed by atoms with van der Waals surface area (Å²) in [7, 11) is 1.39. The molecule has 0 saturated carbocycles. The standard InChI is InChI=1S/C6H11BrO2/c1-4(2)5(7)6(8)9-3/h4-5H,1-3H3/t5-/m1/s1. The van der Waals surface area contributed by atoms with Gasteiger partial charge in [0.05, 0.1) is 7.11 Å². The Morgan fingerprint density at radius 2 is 2.00 bits per heavy atom. The van der Waals surface area contributed by atoms with Crippen LogP contribution >= 0.6 is 15.9 Å². The van der Waals surface area contributed by atoms with Crippen LogP contribution in [0, 0.1) is 5.92 Å². The van der Waals surface area contributed by atoms with E-state index < -0.39 is 0 Å². The van der Waals surface area contributed by atoms with E-state index in [1.54, 1.807) is 0 Å². The Morgan fingerprint density at radius 1 is 1.56 bits per heavy atom. The van der Waals surface area contributed by atoms with Crippen molar-refractivity contribution in [1.82, 2.24) is 0 Å². The molecule has 0 rings (SSSR count). The summed E-state index contributed by atoms with van der Waals surface area (Å²) in [6.45, 7) is 3.91. The molecule has 0 spiro atoms. The summed E-state index contributed by atoms with van der Waals surface area (Å²) in [6, 6.07) is 0. The molecule has 0 aromatic heterocycles. The molecule has 0 N–H and O–H groups in total. The van der Waals surface area contributed by atoms with Gasteiger partial charge in [0.25, 0.3) is 0 Å². The van der Waals surface area contributed by atoms with Crippen molar-refractivity contribution in [2.75, 3.05) is 7.11 Å². The first-order valence-corrected chi connectivity index (χ1v) is 3.73. The molecule has 9 heavy (non-hydrogen) atoms. The molecule has 2 nitrogen and oxygen atoms in total. The number of hydrogen-bond donors (Lipinski definition) is 0. The van der Waals surface area contributed by atoms with E-state index in [2.05, 4.69) is 20.7 Å². The summed E-state index contributed by atoms with van der Waals surface area (Å²) in [5.41, 5.74) is 0. The fourth-order valence-electron chi connectivity index (χ4n) is 0.385. The summed E-state index contributed by atoms with van der Waals surface area (Å²) in [5.74, 6) is 0.0856. The molecular weight excluding hydrogens is 184 g/mol. The molecule has 54 valence electrons. The first-order valence-electron chi connectivity index (χ1n) is 2.81. The van der Waals surface area contributed by atoms with Crippen LogP contribution in [0.4, 0.5) is 0 Å². The van der Waals surface area contributed by atoms with Gasteiger partial charge in [0.1, 0.15) is 4.83 Å². The minimum absolute atomic E-state index is 0.164. The van der Waals surface area contributed by atoms with E-state index in [1.807, 2.05) is 13.8 Å². The average molecular weight is 195 g/mol. The van der Waals surface area contributed by atoms with Gasteiger partial charge in [-0.15, -0.1) is 0 Å². The Morgan fingerprint density at radius 3 is 2.11 bits per heavy atom. The zero-order valence-corrected chi connectivity index (χ0v) is 7.44. The molecule has 1 atom stereocenters. The lowest BCUT2D eigenvalue weighted by molar-refractivity contribution is -0.140. The molecule has 0 bridgehead atoms. The van der Waals surface area contributed by atoms with Crippen molar-refractivity contribution in [3.63, 3.8) is 0 Å². The summed E-state index contributed by atoms with van der Waals surface area (Å²) in [4.78, 5) is 10.5. The Kier molecular flexibility index (Phi) is 3.86. The SMILES string of the molecule is COC(=O)[C@H](Br)C(C)C. The molecule has 0 amide bonds. The normalized spacial score (nSPS) is 13.4. The minimum atomic E-state index is -0.204. The van der Waals surface area contributed by atoms with Gasteiger partial charge in [-0.25, -0.2) is 0 Å². The Balaban J connectivity index is 3.72. The number of ether oxygens (including phenoxy) is 1. The lowest BCUT2D eigenvalue weighted by Gasteiger charge is -2.09. The lowest BCUT2D eigenvalue weighted by Crippen LogP contribution is -2.20. The second kappa shape index (κ2) is 3.88. The number of hydrogen-bond acceptors (Lipinski definition) is 2. The molecule has 0 aliphatic carbocycles. The van der Waals surface area contributed by atoms with Gasteiger partial charge >= 0.3 is 5.97 Å². The maximum Gasteiger partial charge on any atom is 0.319 e. The molecular formula is C6H11BrO2. The molecule has 3 heteroatoms. The van der Waals surface area contributed by atoms with Crippen molar-refractivity contribution >= 4 is 21.9 Å². The van der Waals surface area contributed by atoms with Crippen molar-refractivity contribution in [3.05, 3.63) is 0 Å². The molecule has 0 heterocycles. The fraction of sp³-hybridized carbons (Fsp3) is 0.833. The molecule has 0 saturated heterocycles. The van der Waals surface area contributed by atoms with E-state index in [0.717, 1.165) is 0 Å². The van der Waals surface area contributed by atoms with Crippen LogP contribution < -0.4 is 0 Å². The first-order chi connectivity index (χ1) is 4.09. The molecule has 0 aromatic carbocycles. The van der Waals surface area contributed by atoms with Crippen molar-refractivity contribution in [2.45, 2.75) is 18.7 Å². The van der Waals surface area contributed by atoms with Gasteiger partial charge in [0.2, 0.25) is 0 Å². The second-order valence-electron chi connectivity index (χ2n) is 2.17. The number of methoxy groups -OCH3 is 1. The van der Waals surface area contributed by atoms with Crippen LogP contribution in [0.3, 0.4) is 0 Å². The van der Waals surface area contributed by atoms with E-state index in [1.165, 1.54) is 7.11 Å². The largest absolute Gasteiger partial charge is 0.468 e. The van der Waals surface area contributed by atoms with E-state index >= 15 is 0 Å². The third-order valence-corrected chi connectivity index (χ3v) is 2.44. The summed E-state index contributed by atoms with van der Waals surface area (Å²) < 4.78 is 4.49. The lowest BCUT2D eigenvalue weighted by atomic mass is 10.1. The van der Waals surface area contributed by atoms with Crippen LogP contribution in [-0.4, -0.2) is 17.9 Å². The van der Waals surface area contributed by atoms with E-state index in [4.69, 9.17) is 0 Å². The summed E-state index contributed by atoms with van der Waals surface area (Å²) >= 11 is 3.19. The van der Waals surface area contributed by atoms with Crippen LogP contribution in [0.5, 0.6) is 0 Å². The molecule has 0 aliphatic heterocycles. The van der Waals surface area contributed by atoms with Crippen LogP contribution in [0.1, 0.15) is 13.8 Å². The van der Waals surface area contributed by atoms with Crippen LogP contribution in [-0.2, 0) is 9.53 Å². The summed E-state index contributed by atoms with van der Waals surface area (Å²) in [5, 5.41) is 0. The van der Waals surface area contributed by atoms with Crippen molar-refractivity contribution < 1.29 is 9.53 Å². The minimum Gasteiger partial charge on any atom is -0.468 e. The second-order valence-corrected chi connectivity index (χ2v) is 3.16. The predicted molar refractivity (Wildman–Crippen MR) is 39.6 cm³/mol. The van der Waals surface area contributed by atoms with E-state index in [0.29, 0.717) is 0 Å². The van der Waals surface area contributed by atoms with Crippen LogP contribution in [0.2, 0.25) is 0 Å². The zero-order chi connectivity index (χ0) is 7.44. The molecule has 0 unspecified atom stereocenters. The van der Waals surface area contributed by atoms with Gasteiger partial charge in [-0.1, -0.05) is 29.8 Å². The molecule has 0 fully saturated rings. The highest BCUT2D eigenvalue weighted by atomic mass is 79.9. The maximum atomic E-state index is 10.7. The van der Waals surface area contributed by atoms with Gasteiger partial charge in [0, 0.05) is 0 Å². The van der Waals surface area contributed by atoms with Crippen molar-refractivity contribution in [3.8, 4) is 0 Å². The topological polar surface area (TPSA) is 26.3 Å². The zero-order valence-electron chi connectivity index (χ0n) is 5.85. The Hall–Kier alpha value is -0.0500. The third-order valence-electron chi connectivity index (χ3n) is 1.01. The predicted octanol–water partition coefficient (Wildman–Crippen LogP) is 1.58. The smallest absolute Gasteiger partial charge is 0.319 e. The van der Waals surface area contributed by atoms with Gasteiger partial charge in [-0.05, 0) is 5.92 Å². The Bertz CT molecular complexity index is 101. The molecule has 0 aliphatic rings. The number of rotatable bonds is 2. The van der Waals surface area contributed by atoms with E-state index in [-0.39, 0.29) is 16.7 Å². The third kappa shape index (κ3) is 2.84. The van der Waals surface area contributed by atoms with Crippen LogP contribution in [0.15, 0.2) is 0 Å². The average Bonchev–Trinajstić information content (AvgIpc) is 1.84. The monoisotopic (exact) mass is 194 g/mol. The van der Waals surface area contributed by atoms with Gasteiger partial charge < -0.3 is 4.74 Å². The highest BCUT2D eigenvalue weighted by Gasteiger charge is 2.18. The number of carbonyl (C=O) groups excluding carboxylic acids is 1. The number of alkyl halides is 1.